The number of pyridine rings is 1. The highest BCUT2D eigenvalue weighted by molar-refractivity contribution is 6.30. The molecule has 2 saturated heterocycles. The van der Waals surface area contributed by atoms with Crippen molar-refractivity contribution >= 4 is 23.5 Å². The number of benzene rings is 2. The first-order chi connectivity index (χ1) is 21.7. The van der Waals surface area contributed by atoms with Crippen molar-refractivity contribution in [2.24, 2.45) is 11.3 Å². The molecule has 1 aromatic heterocycles. The van der Waals surface area contributed by atoms with Crippen molar-refractivity contribution in [1.82, 2.24) is 14.8 Å². The molecule has 3 atom stereocenters. The van der Waals surface area contributed by atoms with Gasteiger partial charge in [0.1, 0.15) is 11.2 Å². The van der Waals surface area contributed by atoms with Crippen LogP contribution in [0.1, 0.15) is 23.6 Å². The van der Waals surface area contributed by atoms with Crippen LogP contribution < -0.4 is 34.7 Å². The molecule has 0 radical (unpaired) electrons. The highest BCUT2D eigenvalue weighted by Crippen LogP contribution is 2.43. The van der Waals surface area contributed by atoms with E-state index < -0.39 is 23.3 Å². The summed E-state index contributed by atoms with van der Waals surface area (Å²) < 4.78 is 23.7. The maximum Gasteiger partial charge on any atom is 0.335 e. The summed E-state index contributed by atoms with van der Waals surface area (Å²) in [6, 6.07) is 14.4. The third kappa shape index (κ3) is 5.28. The summed E-state index contributed by atoms with van der Waals surface area (Å²) in [4.78, 5) is 57.7. The fourth-order valence-electron chi connectivity index (χ4n) is 7.09. The summed E-state index contributed by atoms with van der Waals surface area (Å²) in [5, 5.41) is 2.48. The van der Waals surface area contributed by atoms with E-state index in [2.05, 4.69) is 10.2 Å². The van der Waals surface area contributed by atoms with Crippen molar-refractivity contribution in [2.45, 2.75) is 25.3 Å². The Hall–Kier alpha value is -4.84. The number of nitrogens with zero attached hydrogens (tertiary/aromatic N) is 3. The lowest BCUT2D eigenvalue weighted by Gasteiger charge is -2.47. The molecule has 1 unspecified atom stereocenters. The van der Waals surface area contributed by atoms with Crippen molar-refractivity contribution in [2.75, 3.05) is 53.0 Å². The monoisotopic (exact) mass is 616 g/mol. The Morgan fingerprint density at radius 1 is 0.844 bits per heavy atom. The maximum absolute atomic E-state index is 14.7. The zero-order valence-corrected chi connectivity index (χ0v) is 25.7. The van der Waals surface area contributed by atoms with E-state index in [0.717, 1.165) is 17.0 Å². The van der Waals surface area contributed by atoms with E-state index in [9.17, 15) is 19.2 Å². The highest BCUT2D eigenvalue weighted by Gasteiger charge is 2.56. The highest BCUT2D eigenvalue weighted by atomic mass is 16.5. The quantitative estimate of drug-likeness (QED) is 0.361. The Morgan fingerprint density at radius 3 is 2.20 bits per heavy atom. The van der Waals surface area contributed by atoms with Gasteiger partial charge in [-0.15, -0.1) is 0 Å². The number of rotatable bonds is 9. The molecule has 6 rings (SSSR count). The average Bonchev–Trinajstić information content (AvgIpc) is 3.04. The van der Waals surface area contributed by atoms with Crippen molar-refractivity contribution < 1.29 is 33.3 Å². The standard InChI is InChI=1S/C33H36N4O8/c1-42-24-10-8-23(9-11-24)37-31(40)33(30(39)34-32(37)41,15-20-13-26(43-2)29(45-4)27(14-20)44-3)19-35-16-21-12-22(18-35)25-6-5-7-28(38)36(25)17-21/h5-11,13-14,21-22H,12,15-19H2,1-4H3,(H,34,39,41)/t21-,22+,33?/m1/s1. The molecule has 0 aliphatic carbocycles. The molecule has 4 heterocycles. The van der Waals surface area contributed by atoms with Crippen LogP contribution in [0.4, 0.5) is 10.5 Å². The first kappa shape index (κ1) is 30.2. The molecule has 3 aliphatic heterocycles. The van der Waals surface area contributed by atoms with Crippen LogP contribution >= 0.6 is 0 Å². The summed E-state index contributed by atoms with van der Waals surface area (Å²) in [5.74, 6) is 0.603. The van der Waals surface area contributed by atoms with Crippen molar-refractivity contribution in [3.05, 3.63) is 76.2 Å². The summed E-state index contributed by atoms with van der Waals surface area (Å²) in [5.41, 5.74) is 0.136. The van der Waals surface area contributed by atoms with Gasteiger partial charge in [0.15, 0.2) is 11.5 Å². The summed E-state index contributed by atoms with van der Waals surface area (Å²) in [6.45, 7) is 1.76. The molecule has 2 bridgehead atoms. The zero-order chi connectivity index (χ0) is 31.9. The fourth-order valence-corrected chi connectivity index (χ4v) is 7.09. The van der Waals surface area contributed by atoms with Gasteiger partial charge in [-0.25, -0.2) is 9.69 Å². The van der Waals surface area contributed by atoms with Crippen LogP contribution in [0.25, 0.3) is 0 Å². The summed E-state index contributed by atoms with van der Waals surface area (Å²) in [6.07, 6.45) is 0.868. The first-order valence-electron chi connectivity index (χ1n) is 14.8. The molecule has 12 nitrogen and oxygen atoms in total. The molecule has 3 aliphatic rings. The van der Waals surface area contributed by atoms with E-state index in [1.54, 1.807) is 48.5 Å². The normalized spacial score (nSPS) is 22.8. The fraction of sp³-hybridized carbons (Fsp3) is 0.394. The van der Waals surface area contributed by atoms with Crippen LogP contribution in [0.5, 0.6) is 23.0 Å². The van der Waals surface area contributed by atoms with E-state index in [1.807, 2.05) is 10.6 Å². The van der Waals surface area contributed by atoms with Gasteiger partial charge in [-0.3, -0.25) is 19.7 Å². The maximum atomic E-state index is 14.7. The number of amides is 4. The Morgan fingerprint density at radius 2 is 1.56 bits per heavy atom. The lowest BCUT2D eigenvalue weighted by Crippen LogP contribution is -2.68. The number of hydrogen-bond donors (Lipinski definition) is 1. The number of carbonyl (C=O) groups is 3. The van der Waals surface area contributed by atoms with Crippen molar-refractivity contribution in [1.29, 1.82) is 0 Å². The Kier molecular flexibility index (Phi) is 8.00. The predicted octanol–water partition coefficient (Wildman–Crippen LogP) is 2.81. The smallest absolute Gasteiger partial charge is 0.335 e. The lowest BCUT2D eigenvalue weighted by atomic mass is 9.75. The number of urea groups is 1. The molecule has 236 valence electrons. The Labute approximate surface area is 260 Å². The summed E-state index contributed by atoms with van der Waals surface area (Å²) >= 11 is 0. The third-order valence-electron chi connectivity index (χ3n) is 9.08. The molecule has 4 amide bonds. The van der Waals surface area contributed by atoms with Gasteiger partial charge in [0.25, 0.3) is 11.5 Å². The number of nitrogens with one attached hydrogen (secondary N) is 1. The summed E-state index contributed by atoms with van der Waals surface area (Å²) in [7, 11) is 6.01. The number of barbiturate groups is 1. The molecule has 12 heteroatoms. The zero-order valence-electron chi connectivity index (χ0n) is 25.7. The minimum atomic E-state index is -1.69. The third-order valence-corrected chi connectivity index (χ3v) is 9.08. The molecule has 45 heavy (non-hydrogen) atoms. The second-order valence-corrected chi connectivity index (χ2v) is 11.8. The predicted molar refractivity (Wildman–Crippen MR) is 164 cm³/mol. The van der Waals surface area contributed by atoms with E-state index in [-0.39, 0.29) is 30.4 Å². The number of ether oxygens (including phenoxy) is 4. The topological polar surface area (TPSA) is 129 Å². The number of likely N-dealkylation sites (tertiary alicyclic amines) is 1. The van der Waals surface area contributed by atoms with Crippen LogP contribution in [-0.2, 0) is 22.6 Å². The first-order valence-corrected chi connectivity index (χ1v) is 14.8. The van der Waals surface area contributed by atoms with E-state index in [0.29, 0.717) is 53.9 Å². The molecular formula is C33H36N4O8. The van der Waals surface area contributed by atoms with Gasteiger partial charge in [0.2, 0.25) is 11.7 Å². The molecule has 3 aromatic rings. The van der Waals surface area contributed by atoms with Gasteiger partial charge in [-0.2, -0.15) is 0 Å². The van der Waals surface area contributed by atoms with Gasteiger partial charge in [0.05, 0.1) is 34.1 Å². The average molecular weight is 617 g/mol. The number of piperidine rings is 1. The molecule has 2 aromatic carbocycles. The van der Waals surface area contributed by atoms with Gasteiger partial charge in [-0.05, 0) is 66.8 Å². The van der Waals surface area contributed by atoms with Gasteiger partial charge in [-0.1, -0.05) is 6.07 Å². The van der Waals surface area contributed by atoms with Gasteiger partial charge < -0.3 is 28.4 Å². The minimum Gasteiger partial charge on any atom is -0.497 e. The largest absolute Gasteiger partial charge is 0.497 e. The number of fused-ring (bicyclic) bond motifs is 4. The van der Waals surface area contributed by atoms with Crippen molar-refractivity contribution in [3.63, 3.8) is 0 Å². The van der Waals surface area contributed by atoms with Crippen LogP contribution in [0.3, 0.4) is 0 Å². The van der Waals surface area contributed by atoms with Gasteiger partial charge >= 0.3 is 6.03 Å². The van der Waals surface area contributed by atoms with Crippen LogP contribution in [-0.4, -0.2) is 75.4 Å². The van der Waals surface area contributed by atoms with Crippen molar-refractivity contribution in [3.8, 4) is 23.0 Å². The minimum absolute atomic E-state index is 0.0231. The number of methoxy groups -OCH3 is 4. The van der Waals surface area contributed by atoms with Gasteiger partial charge in [0, 0.05) is 43.9 Å². The van der Waals surface area contributed by atoms with E-state index in [4.69, 9.17) is 18.9 Å². The number of hydrogen-bond acceptors (Lipinski definition) is 9. The number of anilines is 1. The molecule has 0 spiro atoms. The molecule has 1 N–H and O–H groups in total. The molecule has 2 fully saturated rings. The number of imide groups is 2. The number of carbonyl (C=O) groups excluding carboxylic acids is 3. The Balaban J connectivity index is 1.42. The van der Waals surface area contributed by atoms with E-state index >= 15 is 0 Å². The SMILES string of the molecule is COc1ccc(N2C(=O)NC(=O)C(Cc3cc(OC)c(OC)c(OC)c3)(CN3C[C@H]4C[C@@H](C3)c3cccc(=O)n3C4)C2=O)cc1. The number of aromatic nitrogens is 1. The van der Waals surface area contributed by atoms with Crippen LogP contribution in [0.15, 0.2) is 59.4 Å². The molecular weight excluding hydrogens is 580 g/mol. The Bertz CT molecular complexity index is 1680. The van der Waals surface area contributed by atoms with Crippen LogP contribution in [0, 0.1) is 11.3 Å². The second-order valence-electron chi connectivity index (χ2n) is 11.8. The second kappa shape index (κ2) is 11.9. The van der Waals surface area contributed by atoms with Crippen LogP contribution in [0.2, 0.25) is 0 Å². The molecule has 0 saturated carbocycles. The van der Waals surface area contributed by atoms with E-state index in [1.165, 1.54) is 28.4 Å². The lowest BCUT2D eigenvalue weighted by molar-refractivity contribution is -0.144.